The monoisotopic (exact) mass is 333 g/mol. The summed E-state index contributed by atoms with van der Waals surface area (Å²) in [6, 6.07) is 21.1. The lowest BCUT2D eigenvalue weighted by Gasteiger charge is -2.18. The van der Waals surface area contributed by atoms with Crippen LogP contribution in [0.25, 0.3) is 22.4 Å². The van der Waals surface area contributed by atoms with Crippen LogP contribution in [0.5, 0.6) is 0 Å². The fourth-order valence-electron chi connectivity index (χ4n) is 3.27. The average molecular weight is 333 g/mol. The van der Waals surface area contributed by atoms with Crippen LogP contribution in [0.3, 0.4) is 0 Å². The molecule has 3 rings (SSSR count). The zero-order chi connectivity index (χ0) is 17.5. The zero-order valence-electron chi connectivity index (χ0n) is 15.2. The molecule has 0 atom stereocenters. The molecule has 0 spiro atoms. The maximum atomic E-state index is 4.72. The molecule has 3 aromatic rings. The van der Waals surface area contributed by atoms with E-state index in [0.717, 1.165) is 32.6 Å². The van der Waals surface area contributed by atoms with Crippen molar-refractivity contribution < 1.29 is 0 Å². The van der Waals surface area contributed by atoms with Gasteiger partial charge in [0.1, 0.15) is 0 Å². The van der Waals surface area contributed by atoms with Gasteiger partial charge in [0.05, 0.1) is 11.9 Å². The van der Waals surface area contributed by atoms with Gasteiger partial charge in [0, 0.05) is 17.7 Å². The van der Waals surface area contributed by atoms with E-state index in [1.165, 1.54) is 22.4 Å². The number of nitrogens with zero attached hydrogens (tertiary/aromatic N) is 3. The van der Waals surface area contributed by atoms with E-state index >= 15 is 0 Å². The van der Waals surface area contributed by atoms with E-state index < -0.39 is 0 Å². The Hall–Kier alpha value is -2.39. The molecule has 1 heterocycles. The van der Waals surface area contributed by atoms with Gasteiger partial charge in [-0.05, 0) is 31.6 Å². The summed E-state index contributed by atoms with van der Waals surface area (Å²) in [4.78, 5) is 2.46. The second kappa shape index (κ2) is 8.63. The molecule has 3 nitrogen and oxygen atoms in total. The Morgan fingerprint density at radius 1 is 0.840 bits per heavy atom. The normalized spacial score (nSPS) is 11.2. The molecule has 0 N–H and O–H groups in total. The first kappa shape index (κ1) is 17.4. The Morgan fingerprint density at radius 3 is 2.04 bits per heavy atom. The summed E-state index contributed by atoms with van der Waals surface area (Å²) in [6.07, 6.45) is 3.12. The fraction of sp³-hybridized carbons (Fsp3) is 0.318. The SMILES string of the molecule is CCN(CC)CCCn1ncc(-c2ccccc2)c1-c1ccccc1. The highest BCUT2D eigenvalue weighted by atomic mass is 15.3. The first-order valence-electron chi connectivity index (χ1n) is 9.22. The van der Waals surface area contributed by atoms with Gasteiger partial charge in [0.2, 0.25) is 0 Å². The van der Waals surface area contributed by atoms with Crippen LogP contribution in [-0.4, -0.2) is 34.3 Å². The van der Waals surface area contributed by atoms with E-state index in [0.29, 0.717) is 0 Å². The predicted molar refractivity (Wildman–Crippen MR) is 106 cm³/mol. The lowest BCUT2D eigenvalue weighted by molar-refractivity contribution is 0.291. The molecule has 0 saturated heterocycles. The van der Waals surface area contributed by atoms with Crippen LogP contribution in [0.2, 0.25) is 0 Å². The average Bonchev–Trinajstić information content (AvgIpc) is 3.10. The van der Waals surface area contributed by atoms with Crippen LogP contribution >= 0.6 is 0 Å². The summed E-state index contributed by atoms with van der Waals surface area (Å²) in [5.74, 6) is 0. The molecule has 0 aliphatic carbocycles. The molecular formula is C22H27N3. The van der Waals surface area contributed by atoms with Crippen molar-refractivity contribution in [3.05, 3.63) is 66.9 Å². The lowest BCUT2D eigenvalue weighted by atomic mass is 10.0. The Morgan fingerprint density at radius 2 is 1.44 bits per heavy atom. The maximum absolute atomic E-state index is 4.72. The van der Waals surface area contributed by atoms with Crippen molar-refractivity contribution >= 4 is 0 Å². The van der Waals surface area contributed by atoms with Gasteiger partial charge in [-0.1, -0.05) is 74.5 Å². The predicted octanol–water partition coefficient (Wildman–Crippen LogP) is 4.95. The third-order valence-corrected chi connectivity index (χ3v) is 4.71. The van der Waals surface area contributed by atoms with Gasteiger partial charge in [0.15, 0.2) is 0 Å². The summed E-state index contributed by atoms with van der Waals surface area (Å²) < 4.78 is 2.17. The second-order valence-corrected chi connectivity index (χ2v) is 6.24. The van der Waals surface area contributed by atoms with Crippen molar-refractivity contribution in [2.24, 2.45) is 0 Å². The number of benzene rings is 2. The quantitative estimate of drug-likeness (QED) is 0.581. The number of aryl methyl sites for hydroxylation is 1. The molecule has 0 fully saturated rings. The highest BCUT2D eigenvalue weighted by Gasteiger charge is 2.14. The van der Waals surface area contributed by atoms with Crippen LogP contribution in [0.15, 0.2) is 66.9 Å². The van der Waals surface area contributed by atoms with E-state index in [2.05, 4.69) is 84.1 Å². The van der Waals surface area contributed by atoms with Crippen molar-refractivity contribution in [1.29, 1.82) is 0 Å². The van der Waals surface area contributed by atoms with Crippen molar-refractivity contribution in [3.63, 3.8) is 0 Å². The highest BCUT2D eigenvalue weighted by molar-refractivity contribution is 5.80. The van der Waals surface area contributed by atoms with Crippen LogP contribution < -0.4 is 0 Å². The smallest absolute Gasteiger partial charge is 0.0760 e. The van der Waals surface area contributed by atoms with E-state index in [-0.39, 0.29) is 0 Å². The number of rotatable bonds is 8. The first-order valence-corrected chi connectivity index (χ1v) is 9.22. The topological polar surface area (TPSA) is 21.1 Å². The van der Waals surface area contributed by atoms with Gasteiger partial charge in [-0.15, -0.1) is 0 Å². The van der Waals surface area contributed by atoms with Gasteiger partial charge in [-0.2, -0.15) is 5.10 Å². The maximum Gasteiger partial charge on any atom is 0.0760 e. The molecule has 0 radical (unpaired) electrons. The van der Waals surface area contributed by atoms with Gasteiger partial charge >= 0.3 is 0 Å². The fourth-order valence-corrected chi connectivity index (χ4v) is 3.27. The van der Waals surface area contributed by atoms with E-state index in [1.807, 2.05) is 6.20 Å². The zero-order valence-corrected chi connectivity index (χ0v) is 15.2. The van der Waals surface area contributed by atoms with Gasteiger partial charge in [0.25, 0.3) is 0 Å². The third-order valence-electron chi connectivity index (χ3n) is 4.71. The summed E-state index contributed by atoms with van der Waals surface area (Å²) in [6.45, 7) is 8.71. The van der Waals surface area contributed by atoms with Crippen LogP contribution in [0.1, 0.15) is 20.3 Å². The molecule has 0 saturated carbocycles. The second-order valence-electron chi connectivity index (χ2n) is 6.24. The van der Waals surface area contributed by atoms with Crippen LogP contribution in [0.4, 0.5) is 0 Å². The molecule has 1 aromatic heterocycles. The van der Waals surface area contributed by atoms with E-state index in [4.69, 9.17) is 5.10 Å². The van der Waals surface area contributed by atoms with Crippen molar-refractivity contribution in [1.82, 2.24) is 14.7 Å². The molecule has 25 heavy (non-hydrogen) atoms. The molecule has 0 bridgehead atoms. The minimum atomic E-state index is 0.938. The largest absolute Gasteiger partial charge is 0.304 e. The summed E-state index contributed by atoms with van der Waals surface area (Å²) >= 11 is 0. The van der Waals surface area contributed by atoms with Crippen molar-refractivity contribution in [2.75, 3.05) is 19.6 Å². The van der Waals surface area contributed by atoms with Crippen LogP contribution in [0, 0.1) is 0 Å². The molecule has 0 aliphatic heterocycles. The Balaban J connectivity index is 1.90. The third kappa shape index (κ3) is 4.18. The molecule has 3 heteroatoms. The summed E-state index contributed by atoms with van der Waals surface area (Å²) in [7, 11) is 0. The minimum Gasteiger partial charge on any atom is -0.304 e. The van der Waals surface area contributed by atoms with Gasteiger partial charge in [-0.25, -0.2) is 0 Å². The van der Waals surface area contributed by atoms with Gasteiger partial charge < -0.3 is 4.90 Å². The number of aromatic nitrogens is 2. The first-order chi connectivity index (χ1) is 12.3. The molecule has 2 aromatic carbocycles. The molecule has 0 aliphatic rings. The highest BCUT2D eigenvalue weighted by Crippen LogP contribution is 2.32. The lowest BCUT2D eigenvalue weighted by Crippen LogP contribution is -2.25. The van der Waals surface area contributed by atoms with Crippen LogP contribution in [-0.2, 0) is 6.54 Å². The molecular weight excluding hydrogens is 306 g/mol. The van der Waals surface area contributed by atoms with Gasteiger partial charge in [-0.3, -0.25) is 4.68 Å². The molecule has 0 amide bonds. The number of hydrogen-bond acceptors (Lipinski definition) is 2. The summed E-state index contributed by atoms with van der Waals surface area (Å²) in [5.41, 5.74) is 4.86. The Kier molecular flexibility index (Phi) is 6.02. The molecule has 130 valence electrons. The van der Waals surface area contributed by atoms with E-state index in [1.54, 1.807) is 0 Å². The summed E-state index contributed by atoms with van der Waals surface area (Å²) in [5, 5.41) is 4.72. The number of hydrogen-bond donors (Lipinski definition) is 0. The van der Waals surface area contributed by atoms with E-state index in [9.17, 15) is 0 Å². The minimum absolute atomic E-state index is 0.938. The molecule has 0 unspecified atom stereocenters. The van der Waals surface area contributed by atoms with Crippen molar-refractivity contribution in [2.45, 2.75) is 26.8 Å². The Bertz CT molecular complexity index is 758. The standard InChI is InChI=1S/C22H27N3/c1-3-24(4-2)16-11-17-25-22(20-14-9-6-10-15-20)21(18-23-25)19-12-7-5-8-13-19/h5-10,12-15,18H,3-4,11,16-17H2,1-2H3. The Labute approximate surface area is 150 Å². The van der Waals surface area contributed by atoms with Crippen molar-refractivity contribution in [3.8, 4) is 22.4 Å².